The molecule has 0 spiro atoms. The Morgan fingerprint density at radius 3 is 1.72 bits per heavy atom. The predicted octanol–water partition coefficient (Wildman–Crippen LogP) is 0.452. The van der Waals surface area contributed by atoms with Gasteiger partial charge in [0.05, 0.1) is 10.6 Å². The van der Waals surface area contributed by atoms with E-state index in [2.05, 4.69) is 0 Å². The van der Waals surface area contributed by atoms with Crippen molar-refractivity contribution in [3.63, 3.8) is 0 Å². The molecular formula is C10H11KNO5S. The average molecular weight is 296 g/mol. The van der Waals surface area contributed by atoms with Crippen LogP contribution in [0.5, 0.6) is 0 Å². The third-order valence-electron chi connectivity index (χ3n) is 2.02. The van der Waals surface area contributed by atoms with Crippen LogP contribution in [0.4, 0.5) is 5.69 Å². The van der Waals surface area contributed by atoms with Gasteiger partial charge in [-0.15, -0.1) is 0 Å². The van der Waals surface area contributed by atoms with Gasteiger partial charge in [0.2, 0.25) is 11.8 Å². The van der Waals surface area contributed by atoms with E-state index in [9.17, 15) is 18.0 Å². The molecule has 6 nitrogen and oxygen atoms in total. The quantitative estimate of drug-likeness (QED) is 0.632. The van der Waals surface area contributed by atoms with Crippen molar-refractivity contribution in [2.75, 3.05) is 4.90 Å². The van der Waals surface area contributed by atoms with Crippen molar-refractivity contribution < 1.29 is 22.6 Å². The molecular weight excluding hydrogens is 285 g/mol. The maximum atomic E-state index is 11.2. The third-order valence-corrected chi connectivity index (χ3v) is 2.89. The van der Waals surface area contributed by atoms with Gasteiger partial charge >= 0.3 is 0 Å². The summed E-state index contributed by atoms with van der Waals surface area (Å²) in [5.41, 5.74) is 0.248. The molecule has 93 valence electrons. The van der Waals surface area contributed by atoms with Crippen molar-refractivity contribution in [1.29, 1.82) is 0 Å². The molecule has 0 atom stereocenters. The number of imide groups is 1. The molecule has 1 aromatic rings. The van der Waals surface area contributed by atoms with Crippen molar-refractivity contribution in [3.8, 4) is 0 Å². The summed E-state index contributed by atoms with van der Waals surface area (Å²) in [6.45, 7) is 2.44. The minimum Gasteiger partial charge on any atom is -0.282 e. The van der Waals surface area contributed by atoms with Crippen LogP contribution in [0.3, 0.4) is 0 Å². The maximum absolute atomic E-state index is 11.2. The molecule has 0 bridgehead atoms. The normalized spacial score (nSPS) is 10.4. The number of amides is 2. The second kappa shape index (κ2) is 6.90. The number of carbonyl (C=O) groups excluding carboxylic acids is 2. The molecule has 0 aromatic heterocycles. The standard InChI is InChI=1S/C10H11NO5S.K/c1-7(12)11(8(2)13)9-3-5-10(6-4-9)17(14,15)16;/h3-6H,1-2H3,(H,14,15,16);. The molecule has 8 heteroatoms. The first kappa shape index (κ1) is 17.9. The minimum atomic E-state index is -4.27. The van der Waals surface area contributed by atoms with Gasteiger partial charge in [0.15, 0.2) is 0 Å². The van der Waals surface area contributed by atoms with Crippen molar-refractivity contribution in [2.24, 2.45) is 0 Å². The van der Waals surface area contributed by atoms with Gasteiger partial charge in [0.25, 0.3) is 10.1 Å². The van der Waals surface area contributed by atoms with Crippen LogP contribution in [0.1, 0.15) is 13.8 Å². The van der Waals surface area contributed by atoms with Gasteiger partial charge < -0.3 is 0 Å². The first-order valence-electron chi connectivity index (χ1n) is 4.62. The molecule has 0 fully saturated rings. The van der Waals surface area contributed by atoms with Crippen LogP contribution < -0.4 is 4.90 Å². The Bertz CT molecular complexity index is 538. The fourth-order valence-corrected chi connectivity index (χ4v) is 1.83. The molecule has 18 heavy (non-hydrogen) atoms. The molecule has 0 aliphatic rings. The number of rotatable bonds is 2. The average Bonchev–Trinajstić information content (AvgIpc) is 2.15. The van der Waals surface area contributed by atoms with E-state index in [1.807, 2.05) is 0 Å². The van der Waals surface area contributed by atoms with Crippen molar-refractivity contribution in [3.05, 3.63) is 24.3 Å². The summed E-state index contributed by atoms with van der Waals surface area (Å²) >= 11 is 0. The molecule has 0 aliphatic heterocycles. The SMILES string of the molecule is CC(=O)N(C(C)=O)c1ccc(S(=O)(=O)O)cc1.[K]. The molecule has 1 aromatic carbocycles. The summed E-state index contributed by atoms with van der Waals surface area (Å²) in [6, 6.07) is 4.77. The van der Waals surface area contributed by atoms with Crippen LogP contribution in [0, 0.1) is 0 Å². The second-order valence-electron chi connectivity index (χ2n) is 3.34. The summed E-state index contributed by atoms with van der Waals surface area (Å²) in [5.74, 6) is -0.950. The minimum absolute atomic E-state index is 0. The van der Waals surface area contributed by atoms with E-state index in [1.54, 1.807) is 0 Å². The first-order chi connectivity index (χ1) is 7.73. The van der Waals surface area contributed by atoms with Crippen molar-refractivity contribution in [2.45, 2.75) is 18.7 Å². The van der Waals surface area contributed by atoms with Gasteiger partial charge in [-0.2, -0.15) is 8.42 Å². The number of carbonyl (C=O) groups is 2. The predicted molar refractivity (Wildman–Crippen MR) is 65.9 cm³/mol. The summed E-state index contributed by atoms with van der Waals surface area (Å²) in [6.07, 6.45) is 0. The van der Waals surface area contributed by atoms with Crippen molar-refractivity contribution >= 4 is 79.0 Å². The van der Waals surface area contributed by atoms with Gasteiger partial charge in [-0.1, -0.05) is 0 Å². The van der Waals surface area contributed by atoms with E-state index >= 15 is 0 Å². The molecule has 0 aliphatic carbocycles. The molecule has 0 unspecified atom stereocenters. The molecule has 1 N–H and O–H groups in total. The fourth-order valence-electron chi connectivity index (χ4n) is 1.35. The summed E-state index contributed by atoms with van der Waals surface area (Å²) in [4.78, 5) is 23.0. The number of hydrogen-bond acceptors (Lipinski definition) is 4. The van der Waals surface area contributed by atoms with E-state index < -0.39 is 21.9 Å². The van der Waals surface area contributed by atoms with Gasteiger partial charge in [-0.25, -0.2) is 0 Å². The van der Waals surface area contributed by atoms with Crippen LogP contribution in [-0.4, -0.2) is 76.2 Å². The number of nitrogens with zero attached hydrogens (tertiary/aromatic N) is 1. The summed E-state index contributed by atoms with van der Waals surface area (Å²) < 4.78 is 30.3. The largest absolute Gasteiger partial charge is 0.294 e. The van der Waals surface area contributed by atoms with Crippen LogP contribution in [-0.2, 0) is 19.7 Å². The van der Waals surface area contributed by atoms with Crippen LogP contribution >= 0.6 is 0 Å². The Morgan fingerprint density at radius 1 is 1.06 bits per heavy atom. The fraction of sp³-hybridized carbons (Fsp3) is 0.200. The first-order valence-corrected chi connectivity index (χ1v) is 6.06. The Labute approximate surface area is 148 Å². The van der Waals surface area contributed by atoms with Crippen molar-refractivity contribution in [1.82, 2.24) is 0 Å². The Balaban J connectivity index is 0.00000289. The smallest absolute Gasteiger partial charge is 0.282 e. The summed E-state index contributed by atoms with van der Waals surface area (Å²) in [7, 11) is -4.27. The van der Waals surface area contributed by atoms with Gasteiger partial charge in [-0.3, -0.25) is 19.0 Å². The van der Waals surface area contributed by atoms with E-state index in [1.165, 1.54) is 26.0 Å². The zero-order valence-corrected chi connectivity index (χ0v) is 14.2. The van der Waals surface area contributed by atoms with E-state index in [0.717, 1.165) is 17.0 Å². The number of anilines is 1. The zero-order valence-electron chi connectivity index (χ0n) is 10.2. The van der Waals surface area contributed by atoms with Gasteiger partial charge in [0.1, 0.15) is 0 Å². The Morgan fingerprint density at radius 2 is 1.44 bits per heavy atom. The van der Waals surface area contributed by atoms with E-state index in [0.29, 0.717) is 0 Å². The van der Waals surface area contributed by atoms with E-state index in [-0.39, 0.29) is 62.0 Å². The van der Waals surface area contributed by atoms with Gasteiger partial charge in [0, 0.05) is 65.2 Å². The monoisotopic (exact) mass is 296 g/mol. The zero-order chi connectivity index (χ0) is 13.2. The van der Waals surface area contributed by atoms with Crippen LogP contribution in [0.2, 0.25) is 0 Å². The second-order valence-corrected chi connectivity index (χ2v) is 4.76. The third kappa shape index (κ3) is 4.54. The molecule has 0 saturated carbocycles. The van der Waals surface area contributed by atoms with E-state index in [4.69, 9.17) is 4.55 Å². The molecule has 1 radical (unpaired) electrons. The maximum Gasteiger partial charge on any atom is 0.294 e. The van der Waals surface area contributed by atoms with Gasteiger partial charge in [-0.05, 0) is 24.3 Å². The summed E-state index contributed by atoms with van der Waals surface area (Å²) in [5, 5.41) is 0. The number of benzene rings is 1. The Kier molecular flexibility index (Phi) is 6.86. The molecule has 2 amide bonds. The van der Waals surface area contributed by atoms with Crippen LogP contribution in [0.15, 0.2) is 29.2 Å². The number of hydrogen-bond donors (Lipinski definition) is 1. The van der Waals surface area contributed by atoms with Crippen LogP contribution in [0.25, 0.3) is 0 Å². The Hall–Kier alpha value is -0.0936. The molecule has 0 saturated heterocycles. The molecule has 0 heterocycles. The topological polar surface area (TPSA) is 91.8 Å². The molecule has 1 rings (SSSR count).